The highest BCUT2D eigenvalue weighted by Crippen LogP contribution is 2.24. The molecule has 1 amide bonds. The standard InChI is InChI=1S/C15H16ClNO4/c1-9(2)17(6-5-14(18)19)15(20)13-8-10-7-11(16)3-4-12(10)21-13/h3-4,7-9H,5-6H2,1-2H3,(H,18,19). The van der Waals surface area contributed by atoms with Crippen molar-refractivity contribution in [1.29, 1.82) is 0 Å². The molecule has 1 N–H and O–H groups in total. The minimum Gasteiger partial charge on any atom is -0.481 e. The first kappa shape index (κ1) is 15.4. The Labute approximate surface area is 127 Å². The SMILES string of the molecule is CC(C)N(CCC(=O)O)C(=O)c1cc2cc(Cl)ccc2o1. The zero-order valence-corrected chi connectivity index (χ0v) is 12.6. The fourth-order valence-electron chi connectivity index (χ4n) is 2.07. The van der Waals surface area contributed by atoms with Crippen molar-refractivity contribution < 1.29 is 19.1 Å². The summed E-state index contributed by atoms with van der Waals surface area (Å²) in [5, 5.41) is 10.1. The number of aliphatic carboxylic acids is 1. The minimum absolute atomic E-state index is 0.101. The number of carbonyl (C=O) groups is 2. The summed E-state index contributed by atoms with van der Waals surface area (Å²) in [6.07, 6.45) is -0.101. The van der Waals surface area contributed by atoms with Crippen LogP contribution in [-0.2, 0) is 4.79 Å². The van der Waals surface area contributed by atoms with Crippen LogP contribution in [0.5, 0.6) is 0 Å². The number of nitrogens with zero attached hydrogens (tertiary/aromatic N) is 1. The fourth-order valence-corrected chi connectivity index (χ4v) is 2.25. The van der Waals surface area contributed by atoms with E-state index in [1.165, 1.54) is 4.90 Å². The molecular formula is C15H16ClNO4. The smallest absolute Gasteiger partial charge is 0.305 e. The van der Waals surface area contributed by atoms with Crippen LogP contribution in [0.3, 0.4) is 0 Å². The summed E-state index contributed by atoms with van der Waals surface area (Å²) >= 11 is 5.90. The van der Waals surface area contributed by atoms with E-state index in [1.807, 2.05) is 13.8 Å². The van der Waals surface area contributed by atoms with Gasteiger partial charge in [-0.3, -0.25) is 9.59 Å². The molecule has 0 fully saturated rings. The Morgan fingerprint density at radius 1 is 1.33 bits per heavy atom. The Hall–Kier alpha value is -2.01. The van der Waals surface area contributed by atoms with Crippen LogP contribution in [-0.4, -0.2) is 34.5 Å². The molecule has 112 valence electrons. The summed E-state index contributed by atoms with van der Waals surface area (Å²) in [6.45, 7) is 3.81. The monoisotopic (exact) mass is 309 g/mol. The summed E-state index contributed by atoms with van der Waals surface area (Å²) in [5.41, 5.74) is 0.574. The van der Waals surface area contributed by atoms with E-state index in [4.69, 9.17) is 21.1 Å². The van der Waals surface area contributed by atoms with Gasteiger partial charge in [0.2, 0.25) is 0 Å². The van der Waals surface area contributed by atoms with Gasteiger partial charge in [0, 0.05) is 23.0 Å². The van der Waals surface area contributed by atoms with Crippen molar-refractivity contribution in [3.05, 3.63) is 35.0 Å². The van der Waals surface area contributed by atoms with Gasteiger partial charge in [0.15, 0.2) is 5.76 Å². The van der Waals surface area contributed by atoms with Gasteiger partial charge in [-0.25, -0.2) is 0 Å². The van der Waals surface area contributed by atoms with Crippen molar-refractivity contribution >= 4 is 34.4 Å². The fraction of sp³-hybridized carbons (Fsp3) is 0.333. The molecule has 0 spiro atoms. The van der Waals surface area contributed by atoms with Gasteiger partial charge in [-0.05, 0) is 38.1 Å². The Morgan fingerprint density at radius 3 is 2.67 bits per heavy atom. The van der Waals surface area contributed by atoms with E-state index in [0.717, 1.165) is 5.39 Å². The molecule has 5 nitrogen and oxygen atoms in total. The van der Waals surface area contributed by atoms with E-state index >= 15 is 0 Å². The van der Waals surface area contributed by atoms with Crippen LogP contribution < -0.4 is 0 Å². The highest BCUT2D eigenvalue weighted by atomic mass is 35.5. The Morgan fingerprint density at radius 2 is 2.05 bits per heavy atom. The molecule has 0 saturated heterocycles. The maximum absolute atomic E-state index is 12.5. The number of rotatable bonds is 5. The van der Waals surface area contributed by atoms with Crippen molar-refractivity contribution in [3.63, 3.8) is 0 Å². The molecule has 1 aromatic carbocycles. The van der Waals surface area contributed by atoms with E-state index in [2.05, 4.69) is 0 Å². The summed E-state index contributed by atoms with van der Waals surface area (Å²) < 4.78 is 5.53. The number of furan rings is 1. The summed E-state index contributed by atoms with van der Waals surface area (Å²) in [5.74, 6) is -1.07. The number of halogens is 1. The lowest BCUT2D eigenvalue weighted by Gasteiger charge is -2.25. The lowest BCUT2D eigenvalue weighted by molar-refractivity contribution is -0.137. The van der Waals surface area contributed by atoms with Gasteiger partial charge >= 0.3 is 5.97 Å². The van der Waals surface area contributed by atoms with Crippen LogP contribution in [0.1, 0.15) is 30.8 Å². The average molecular weight is 310 g/mol. The number of hydrogen-bond donors (Lipinski definition) is 1. The summed E-state index contributed by atoms with van der Waals surface area (Å²) in [6, 6.07) is 6.61. The van der Waals surface area contributed by atoms with Crippen molar-refractivity contribution in [2.45, 2.75) is 26.3 Å². The zero-order valence-electron chi connectivity index (χ0n) is 11.8. The second kappa shape index (κ2) is 6.18. The van der Waals surface area contributed by atoms with Gasteiger partial charge < -0.3 is 14.4 Å². The van der Waals surface area contributed by atoms with E-state index in [-0.39, 0.29) is 30.7 Å². The third-order valence-corrected chi connectivity index (χ3v) is 3.38. The quantitative estimate of drug-likeness (QED) is 0.918. The molecule has 1 heterocycles. The first-order valence-electron chi connectivity index (χ1n) is 6.60. The van der Waals surface area contributed by atoms with Gasteiger partial charge in [-0.15, -0.1) is 0 Å². The number of amides is 1. The van der Waals surface area contributed by atoms with Gasteiger partial charge in [-0.2, -0.15) is 0 Å². The lowest BCUT2D eigenvalue weighted by atomic mass is 10.2. The molecule has 0 aliphatic rings. The first-order valence-corrected chi connectivity index (χ1v) is 6.98. The Balaban J connectivity index is 2.27. The van der Waals surface area contributed by atoms with Gasteiger partial charge in [0.05, 0.1) is 6.42 Å². The van der Waals surface area contributed by atoms with E-state index < -0.39 is 5.97 Å². The molecule has 0 atom stereocenters. The molecule has 0 radical (unpaired) electrons. The molecule has 0 saturated carbocycles. The molecule has 0 bridgehead atoms. The first-order chi connectivity index (χ1) is 9.88. The maximum atomic E-state index is 12.5. The van der Waals surface area contributed by atoms with E-state index in [9.17, 15) is 9.59 Å². The van der Waals surface area contributed by atoms with Crippen LogP contribution in [0.25, 0.3) is 11.0 Å². The number of carboxylic acids is 1. The molecule has 1 aromatic heterocycles. The van der Waals surface area contributed by atoms with Crippen LogP contribution >= 0.6 is 11.6 Å². The van der Waals surface area contributed by atoms with Crippen LogP contribution in [0, 0.1) is 0 Å². The minimum atomic E-state index is -0.940. The number of carbonyl (C=O) groups excluding carboxylic acids is 1. The van der Waals surface area contributed by atoms with Crippen LogP contribution in [0.15, 0.2) is 28.7 Å². The molecule has 0 aliphatic heterocycles. The average Bonchev–Trinajstić information content (AvgIpc) is 2.80. The second-order valence-corrected chi connectivity index (χ2v) is 5.47. The van der Waals surface area contributed by atoms with E-state index in [1.54, 1.807) is 24.3 Å². The molecule has 0 aliphatic carbocycles. The molecule has 0 unspecified atom stereocenters. The van der Waals surface area contributed by atoms with Crippen molar-refractivity contribution in [1.82, 2.24) is 4.90 Å². The Bertz CT molecular complexity index is 677. The predicted octanol–water partition coefficient (Wildman–Crippen LogP) is 3.41. The van der Waals surface area contributed by atoms with Crippen LogP contribution in [0.2, 0.25) is 5.02 Å². The number of hydrogen-bond acceptors (Lipinski definition) is 3. The van der Waals surface area contributed by atoms with E-state index in [0.29, 0.717) is 10.6 Å². The van der Waals surface area contributed by atoms with Gasteiger partial charge in [0.25, 0.3) is 5.91 Å². The van der Waals surface area contributed by atoms with Crippen molar-refractivity contribution in [3.8, 4) is 0 Å². The number of carboxylic acid groups (broad SMARTS) is 1. The topological polar surface area (TPSA) is 70.8 Å². The highest BCUT2D eigenvalue weighted by molar-refractivity contribution is 6.31. The predicted molar refractivity (Wildman–Crippen MR) is 79.6 cm³/mol. The largest absolute Gasteiger partial charge is 0.481 e. The number of benzene rings is 1. The van der Waals surface area contributed by atoms with Crippen molar-refractivity contribution in [2.75, 3.05) is 6.54 Å². The highest BCUT2D eigenvalue weighted by Gasteiger charge is 2.22. The third kappa shape index (κ3) is 3.55. The molecular weight excluding hydrogens is 294 g/mol. The Kier molecular flexibility index (Phi) is 4.53. The second-order valence-electron chi connectivity index (χ2n) is 5.03. The molecule has 2 rings (SSSR count). The zero-order chi connectivity index (χ0) is 15.6. The van der Waals surface area contributed by atoms with Crippen LogP contribution in [0.4, 0.5) is 0 Å². The third-order valence-electron chi connectivity index (χ3n) is 3.14. The maximum Gasteiger partial charge on any atom is 0.305 e. The molecule has 6 heteroatoms. The summed E-state index contributed by atoms with van der Waals surface area (Å²) in [4.78, 5) is 24.6. The number of fused-ring (bicyclic) bond motifs is 1. The molecule has 21 heavy (non-hydrogen) atoms. The lowest BCUT2D eigenvalue weighted by Crippen LogP contribution is -2.38. The normalized spacial score (nSPS) is 11.0. The van der Waals surface area contributed by atoms with Gasteiger partial charge in [-0.1, -0.05) is 11.6 Å². The molecule has 2 aromatic rings. The van der Waals surface area contributed by atoms with Crippen molar-refractivity contribution in [2.24, 2.45) is 0 Å². The summed E-state index contributed by atoms with van der Waals surface area (Å²) in [7, 11) is 0. The van der Waals surface area contributed by atoms with Gasteiger partial charge in [0.1, 0.15) is 5.58 Å².